The lowest BCUT2D eigenvalue weighted by Crippen LogP contribution is -2.39. The Morgan fingerprint density at radius 1 is 1.24 bits per heavy atom. The number of nitrogens with one attached hydrogen (secondary N) is 1. The first-order valence-corrected chi connectivity index (χ1v) is 6.93. The van der Waals surface area contributed by atoms with Gasteiger partial charge in [0.15, 0.2) is 0 Å². The second-order valence-corrected chi connectivity index (χ2v) is 5.38. The molecule has 0 saturated carbocycles. The summed E-state index contributed by atoms with van der Waals surface area (Å²) in [4.78, 5) is 12.0. The first-order valence-electron chi connectivity index (χ1n) is 6.93. The molecule has 1 atom stereocenters. The van der Waals surface area contributed by atoms with Gasteiger partial charge in [-0.2, -0.15) is 0 Å². The number of carbonyl (C=O) groups excluding carboxylic acids is 1. The van der Waals surface area contributed by atoms with Crippen molar-refractivity contribution < 1.29 is 14.3 Å². The number of aliphatic hydroxyl groups is 1. The normalized spacial score (nSPS) is 20.1. The zero-order valence-corrected chi connectivity index (χ0v) is 11.5. The Labute approximate surface area is 122 Å². The van der Waals surface area contributed by atoms with Crippen LogP contribution in [0.3, 0.4) is 0 Å². The van der Waals surface area contributed by atoms with E-state index >= 15 is 0 Å². The molecule has 1 aliphatic carbocycles. The van der Waals surface area contributed by atoms with Gasteiger partial charge in [0.1, 0.15) is 11.4 Å². The van der Waals surface area contributed by atoms with Crippen LogP contribution in [0.4, 0.5) is 4.39 Å². The summed E-state index contributed by atoms with van der Waals surface area (Å²) in [6.07, 6.45) is 1.37. The highest BCUT2D eigenvalue weighted by Crippen LogP contribution is 2.36. The molecule has 0 aliphatic heterocycles. The number of aryl methyl sites for hydroxylation is 1. The van der Waals surface area contributed by atoms with E-state index in [4.69, 9.17) is 0 Å². The van der Waals surface area contributed by atoms with E-state index in [-0.39, 0.29) is 18.0 Å². The van der Waals surface area contributed by atoms with Crippen LogP contribution >= 0.6 is 0 Å². The molecule has 0 aromatic heterocycles. The number of carbonyl (C=O) groups is 1. The second kappa shape index (κ2) is 5.30. The van der Waals surface area contributed by atoms with E-state index in [0.29, 0.717) is 6.42 Å². The Hall–Kier alpha value is -2.20. The highest BCUT2D eigenvalue weighted by molar-refractivity contribution is 5.94. The molecule has 3 nitrogen and oxygen atoms in total. The Bertz CT molecular complexity index is 686. The molecule has 0 radical (unpaired) electrons. The summed E-state index contributed by atoms with van der Waals surface area (Å²) in [7, 11) is 0. The molecular weight excluding hydrogens is 269 g/mol. The average molecular weight is 285 g/mol. The number of hydrogen-bond donors (Lipinski definition) is 2. The van der Waals surface area contributed by atoms with Crippen LogP contribution in [0, 0.1) is 5.82 Å². The fourth-order valence-corrected chi connectivity index (χ4v) is 2.81. The van der Waals surface area contributed by atoms with E-state index in [0.717, 1.165) is 17.5 Å². The number of halogens is 1. The van der Waals surface area contributed by atoms with Crippen molar-refractivity contribution in [3.63, 3.8) is 0 Å². The molecule has 2 aromatic rings. The van der Waals surface area contributed by atoms with E-state index in [2.05, 4.69) is 5.32 Å². The lowest BCUT2D eigenvalue weighted by molar-refractivity contribution is 0.0369. The molecule has 108 valence electrons. The van der Waals surface area contributed by atoms with Gasteiger partial charge in [0.05, 0.1) is 6.54 Å². The summed E-state index contributed by atoms with van der Waals surface area (Å²) in [5.74, 6) is -0.833. The zero-order chi connectivity index (χ0) is 14.9. The Morgan fingerprint density at radius 2 is 2.05 bits per heavy atom. The van der Waals surface area contributed by atoms with Gasteiger partial charge in [0.25, 0.3) is 5.91 Å². The topological polar surface area (TPSA) is 49.3 Å². The molecule has 0 spiro atoms. The number of benzene rings is 2. The number of fused-ring (bicyclic) bond motifs is 1. The third kappa shape index (κ3) is 2.67. The van der Waals surface area contributed by atoms with E-state index < -0.39 is 11.4 Å². The number of amides is 1. The van der Waals surface area contributed by atoms with Gasteiger partial charge in [-0.05, 0) is 42.2 Å². The quantitative estimate of drug-likeness (QED) is 0.909. The Morgan fingerprint density at radius 3 is 2.86 bits per heavy atom. The first kappa shape index (κ1) is 13.8. The minimum absolute atomic E-state index is 0.124. The molecule has 3 rings (SSSR count). The maximum Gasteiger partial charge on any atom is 0.251 e. The maximum absolute atomic E-state index is 13.1. The van der Waals surface area contributed by atoms with Crippen LogP contribution in [-0.4, -0.2) is 17.6 Å². The van der Waals surface area contributed by atoms with Crippen molar-refractivity contribution in [2.24, 2.45) is 0 Å². The maximum atomic E-state index is 13.1. The molecule has 21 heavy (non-hydrogen) atoms. The smallest absolute Gasteiger partial charge is 0.251 e. The zero-order valence-electron chi connectivity index (χ0n) is 11.5. The fourth-order valence-electron chi connectivity index (χ4n) is 2.81. The van der Waals surface area contributed by atoms with E-state index in [1.165, 1.54) is 18.2 Å². The van der Waals surface area contributed by atoms with Crippen molar-refractivity contribution in [2.75, 3.05) is 6.54 Å². The summed E-state index contributed by atoms with van der Waals surface area (Å²) >= 11 is 0. The lowest BCUT2D eigenvalue weighted by atomic mass is 9.96. The largest absolute Gasteiger partial charge is 0.383 e. The van der Waals surface area contributed by atoms with Crippen molar-refractivity contribution in [3.8, 4) is 0 Å². The number of hydrogen-bond acceptors (Lipinski definition) is 2. The molecule has 2 aromatic carbocycles. The highest BCUT2D eigenvalue weighted by atomic mass is 19.1. The molecule has 1 unspecified atom stereocenters. The van der Waals surface area contributed by atoms with Crippen LogP contribution in [0.25, 0.3) is 0 Å². The van der Waals surface area contributed by atoms with Gasteiger partial charge < -0.3 is 10.4 Å². The van der Waals surface area contributed by atoms with Crippen LogP contribution in [0.2, 0.25) is 0 Å². The predicted molar refractivity (Wildman–Crippen MR) is 77.4 cm³/mol. The summed E-state index contributed by atoms with van der Waals surface area (Å²) < 4.78 is 13.1. The first-order chi connectivity index (χ1) is 10.1. The number of rotatable bonds is 3. The summed E-state index contributed by atoms with van der Waals surface area (Å²) in [6.45, 7) is 0.124. The average Bonchev–Trinajstić information content (AvgIpc) is 2.83. The van der Waals surface area contributed by atoms with Crippen LogP contribution in [0.1, 0.15) is 27.9 Å². The van der Waals surface area contributed by atoms with Crippen LogP contribution in [-0.2, 0) is 12.0 Å². The van der Waals surface area contributed by atoms with Crippen molar-refractivity contribution in [3.05, 3.63) is 71.0 Å². The fraction of sp³-hybridized carbons (Fsp3) is 0.235. The molecule has 0 heterocycles. The van der Waals surface area contributed by atoms with Crippen LogP contribution < -0.4 is 5.32 Å². The summed E-state index contributed by atoms with van der Waals surface area (Å²) in [5.41, 5.74) is 1.19. The molecule has 2 N–H and O–H groups in total. The van der Waals surface area contributed by atoms with Gasteiger partial charge in [-0.1, -0.05) is 30.3 Å². The van der Waals surface area contributed by atoms with Gasteiger partial charge in [0.2, 0.25) is 0 Å². The van der Waals surface area contributed by atoms with Gasteiger partial charge in [0, 0.05) is 5.56 Å². The second-order valence-electron chi connectivity index (χ2n) is 5.38. The van der Waals surface area contributed by atoms with Crippen molar-refractivity contribution in [1.82, 2.24) is 5.32 Å². The standard InChI is InChI=1S/C17H16FNO2/c18-14-6-3-5-13(10-14)16(20)19-11-17(21)9-8-12-4-1-2-7-15(12)17/h1-7,10,21H,8-9,11H2,(H,19,20). The third-order valence-electron chi connectivity index (χ3n) is 3.95. The van der Waals surface area contributed by atoms with Gasteiger partial charge in [-0.25, -0.2) is 4.39 Å². The SMILES string of the molecule is O=C(NCC1(O)CCc2ccccc21)c1cccc(F)c1. The predicted octanol–water partition coefficient (Wildman–Crippen LogP) is 2.39. The van der Waals surface area contributed by atoms with E-state index in [9.17, 15) is 14.3 Å². The minimum Gasteiger partial charge on any atom is -0.383 e. The van der Waals surface area contributed by atoms with Crippen LogP contribution in [0.15, 0.2) is 48.5 Å². The highest BCUT2D eigenvalue weighted by Gasteiger charge is 2.36. The summed E-state index contributed by atoms with van der Waals surface area (Å²) in [6, 6.07) is 13.2. The van der Waals surface area contributed by atoms with Gasteiger partial charge in [-0.15, -0.1) is 0 Å². The van der Waals surface area contributed by atoms with Crippen molar-refractivity contribution in [2.45, 2.75) is 18.4 Å². The lowest BCUT2D eigenvalue weighted by Gasteiger charge is -2.24. The minimum atomic E-state index is -1.04. The molecule has 1 aliphatic rings. The molecule has 0 fully saturated rings. The van der Waals surface area contributed by atoms with Gasteiger partial charge in [-0.3, -0.25) is 4.79 Å². The van der Waals surface area contributed by atoms with E-state index in [1.54, 1.807) is 6.07 Å². The molecule has 4 heteroatoms. The molecule has 0 bridgehead atoms. The third-order valence-corrected chi connectivity index (χ3v) is 3.95. The monoisotopic (exact) mass is 285 g/mol. The Kier molecular flexibility index (Phi) is 3.47. The molecule has 0 saturated heterocycles. The van der Waals surface area contributed by atoms with E-state index in [1.807, 2.05) is 24.3 Å². The van der Waals surface area contributed by atoms with Crippen LogP contribution in [0.5, 0.6) is 0 Å². The van der Waals surface area contributed by atoms with Crippen molar-refractivity contribution >= 4 is 5.91 Å². The molecule has 1 amide bonds. The van der Waals surface area contributed by atoms with Crippen molar-refractivity contribution in [1.29, 1.82) is 0 Å². The summed E-state index contributed by atoms with van der Waals surface area (Å²) in [5, 5.41) is 13.4. The molecular formula is C17H16FNO2. The Balaban J connectivity index is 1.72. The van der Waals surface area contributed by atoms with Gasteiger partial charge >= 0.3 is 0 Å².